The van der Waals surface area contributed by atoms with E-state index in [1.807, 2.05) is 0 Å². The molecule has 8 heteroatoms. The van der Waals surface area contributed by atoms with E-state index in [2.05, 4.69) is 5.32 Å². The van der Waals surface area contributed by atoms with Gasteiger partial charge in [-0.3, -0.25) is 9.59 Å². The number of ether oxygens (including phenoxy) is 2. The number of hydrogen-bond acceptors (Lipinski definition) is 6. The second-order valence-corrected chi connectivity index (χ2v) is 5.23. The number of nitrogens with two attached hydrogens (primary N) is 1. The molecule has 126 valence electrons. The number of aliphatic hydroxyl groups excluding tert-OH is 2. The van der Waals surface area contributed by atoms with Crippen LogP contribution in [0.25, 0.3) is 0 Å². The highest BCUT2D eigenvalue weighted by Crippen LogP contribution is 2.17. The SMILES string of the molecule is NC(=O)COc1cccc(C(=O)N[C@H]2CCO[C@H](CO)[C@H]2O)c1. The summed E-state index contributed by atoms with van der Waals surface area (Å²) in [6, 6.07) is 5.77. The van der Waals surface area contributed by atoms with Crippen molar-refractivity contribution in [2.24, 2.45) is 5.73 Å². The van der Waals surface area contributed by atoms with E-state index < -0.39 is 30.1 Å². The zero-order chi connectivity index (χ0) is 16.8. The molecule has 1 aliphatic heterocycles. The lowest BCUT2D eigenvalue weighted by Gasteiger charge is -2.34. The van der Waals surface area contributed by atoms with Crippen LogP contribution >= 0.6 is 0 Å². The molecule has 2 rings (SSSR count). The second-order valence-electron chi connectivity index (χ2n) is 5.23. The van der Waals surface area contributed by atoms with Crippen molar-refractivity contribution in [3.63, 3.8) is 0 Å². The first-order chi connectivity index (χ1) is 11.0. The topological polar surface area (TPSA) is 131 Å². The predicted octanol–water partition coefficient (Wildman–Crippen LogP) is -1.21. The second kappa shape index (κ2) is 7.91. The van der Waals surface area contributed by atoms with Gasteiger partial charge in [-0.15, -0.1) is 0 Å². The van der Waals surface area contributed by atoms with Crippen molar-refractivity contribution in [2.45, 2.75) is 24.7 Å². The van der Waals surface area contributed by atoms with E-state index in [4.69, 9.17) is 20.3 Å². The molecule has 1 fully saturated rings. The van der Waals surface area contributed by atoms with Crippen molar-refractivity contribution in [1.29, 1.82) is 0 Å². The van der Waals surface area contributed by atoms with E-state index in [1.54, 1.807) is 18.2 Å². The fourth-order valence-electron chi connectivity index (χ4n) is 2.33. The molecule has 0 saturated carbocycles. The molecule has 1 aromatic carbocycles. The maximum absolute atomic E-state index is 12.3. The zero-order valence-electron chi connectivity index (χ0n) is 12.5. The molecule has 3 atom stereocenters. The zero-order valence-corrected chi connectivity index (χ0v) is 12.5. The van der Waals surface area contributed by atoms with Crippen LogP contribution in [0.3, 0.4) is 0 Å². The molecule has 0 bridgehead atoms. The summed E-state index contributed by atoms with van der Waals surface area (Å²) < 4.78 is 10.4. The minimum atomic E-state index is -0.980. The Hall–Kier alpha value is -2.16. The average Bonchev–Trinajstić information content (AvgIpc) is 2.55. The van der Waals surface area contributed by atoms with Crippen LogP contribution in [-0.2, 0) is 9.53 Å². The third-order valence-corrected chi connectivity index (χ3v) is 3.53. The molecule has 0 aromatic heterocycles. The van der Waals surface area contributed by atoms with Crippen molar-refractivity contribution in [3.05, 3.63) is 29.8 Å². The fraction of sp³-hybridized carbons (Fsp3) is 0.467. The molecule has 8 nitrogen and oxygen atoms in total. The van der Waals surface area contributed by atoms with Gasteiger partial charge in [-0.25, -0.2) is 0 Å². The van der Waals surface area contributed by atoms with Crippen LogP contribution in [0.15, 0.2) is 24.3 Å². The Morgan fingerprint density at radius 2 is 2.22 bits per heavy atom. The summed E-state index contributed by atoms with van der Waals surface area (Å²) in [5, 5.41) is 21.9. The summed E-state index contributed by atoms with van der Waals surface area (Å²) >= 11 is 0. The van der Waals surface area contributed by atoms with E-state index in [1.165, 1.54) is 6.07 Å². The van der Waals surface area contributed by atoms with Gasteiger partial charge in [-0.1, -0.05) is 6.07 Å². The Balaban J connectivity index is 2.00. The number of rotatable bonds is 6. The van der Waals surface area contributed by atoms with Crippen LogP contribution in [0, 0.1) is 0 Å². The summed E-state index contributed by atoms with van der Waals surface area (Å²) in [7, 11) is 0. The Labute approximate surface area is 133 Å². The predicted molar refractivity (Wildman–Crippen MR) is 79.8 cm³/mol. The normalized spacial score (nSPS) is 24.0. The van der Waals surface area contributed by atoms with E-state index >= 15 is 0 Å². The maximum atomic E-state index is 12.3. The van der Waals surface area contributed by atoms with E-state index in [9.17, 15) is 14.7 Å². The van der Waals surface area contributed by atoms with Gasteiger partial charge in [0.1, 0.15) is 18.0 Å². The molecule has 0 unspecified atom stereocenters. The smallest absolute Gasteiger partial charge is 0.255 e. The van der Waals surface area contributed by atoms with Gasteiger partial charge < -0.3 is 30.7 Å². The summed E-state index contributed by atoms with van der Waals surface area (Å²) in [5.74, 6) is -0.658. The summed E-state index contributed by atoms with van der Waals surface area (Å²) in [6.07, 6.45) is -1.24. The van der Waals surface area contributed by atoms with Gasteiger partial charge in [0.15, 0.2) is 6.61 Å². The number of hydrogen-bond donors (Lipinski definition) is 4. The maximum Gasteiger partial charge on any atom is 0.255 e. The van der Waals surface area contributed by atoms with Gasteiger partial charge in [-0.05, 0) is 24.6 Å². The van der Waals surface area contributed by atoms with E-state index in [-0.39, 0.29) is 13.2 Å². The Morgan fingerprint density at radius 3 is 2.91 bits per heavy atom. The largest absolute Gasteiger partial charge is 0.484 e. The lowest BCUT2D eigenvalue weighted by atomic mass is 9.99. The van der Waals surface area contributed by atoms with Gasteiger partial charge in [0, 0.05) is 12.2 Å². The van der Waals surface area contributed by atoms with Crippen molar-refractivity contribution in [1.82, 2.24) is 5.32 Å². The lowest BCUT2D eigenvalue weighted by molar-refractivity contribution is -0.119. The molecule has 1 heterocycles. The first-order valence-corrected chi connectivity index (χ1v) is 7.24. The third kappa shape index (κ3) is 4.65. The molecular formula is C15H20N2O6. The number of benzene rings is 1. The minimum Gasteiger partial charge on any atom is -0.484 e. The van der Waals surface area contributed by atoms with Gasteiger partial charge in [0.25, 0.3) is 11.8 Å². The highest BCUT2D eigenvalue weighted by atomic mass is 16.5. The first kappa shape index (κ1) is 17.2. The molecular weight excluding hydrogens is 304 g/mol. The van der Waals surface area contributed by atoms with Gasteiger partial charge in [-0.2, -0.15) is 0 Å². The molecule has 1 saturated heterocycles. The average molecular weight is 324 g/mol. The number of carbonyl (C=O) groups is 2. The lowest BCUT2D eigenvalue weighted by Crippen LogP contribution is -2.54. The van der Waals surface area contributed by atoms with Crippen LogP contribution in [0.2, 0.25) is 0 Å². The van der Waals surface area contributed by atoms with Gasteiger partial charge in [0.05, 0.1) is 12.6 Å². The van der Waals surface area contributed by atoms with E-state index in [0.29, 0.717) is 24.3 Å². The Kier molecular flexibility index (Phi) is 5.91. The van der Waals surface area contributed by atoms with Crippen molar-refractivity contribution >= 4 is 11.8 Å². The molecule has 0 spiro atoms. The molecule has 5 N–H and O–H groups in total. The van der Waals surface area contributed by atoms with Crippen molar-refractivity contribution in [2.75, 3.05) is 19.8 Å². The molecule has 1 aliphatic rings. The Bertz CT molecular complexity index is 565. The van der Waals surface area contributed by atoms with Crippen LogP contribution in [-0.4, -0.2) is 60.1 Å². The molecule has 2 amide bonds. The van der Waals surface area contributed by atoms with Gasteiger partial charge in [0.2, 0.25) is 0 Å². The first-order valence-electron chi connectivity index (χ1n) is 7.24. The number of primary amides is 1. The molecule has 23 heavy (non-hydrogen) atoms. The van der Waals surface area contributed by atoms with Crippen LogP contribution < -0.4 is 15.8 Å². The number of amides is 2. The number of aliphatic hydroxyl groups is 2. The number of carbonyl (C=O) groups excluding carboxylic acids is 2. The monoisotopic (exact) mass is 324 g/mol. The summed E-state index contributed by atoms with van der Waals surface area (Å²) in [4.78, 5) is 23.0. The highest BCUT2D eigenvalue weighted by Gasteiger charge is 2.33. The van der Waals surface area contributed by atoms with Crippen molar-refractivity contribution in [3.8, 4) is 5.75 Å². The summed E-state index contributed by atoms with van der Waals surface area (Å²) in [5.41, 5.74) is 5.33. The minimum absolute atomic E-state index is 0.276. The fourth-order valence-corrected chi connectivity index (χ4v) is 2.33. The Morgan fingerprint density at radius 1 is 1.43 bits per heavy atom. The van der Waals surface area contributed by atoms with Crippen LogP contribution in [0.5, 0.6) is 5.75 Å². The number of nitrogens with one attached hydrogen (secondary N) is 1. The van der Waals surface area contributed by atoms with Crippen LogP contribution in [0.4, 0.5) is 0 Å². The summed E-state index contributed by atoms with van der Waals surface area (Å²) in [6.45, 7) is -0.249. The van der Waals surface area contributed by atoms with Crippen LogP contribution in [0.1, 0.15) is 16.8 Å². The molecule has 0 radical (unpaired) electrons. The van der Waals surface area contributed by atoms with E-state index in [0.717, 1.165) is 0 Å². The standard InChI is InChI=1S/C15H20N2O6/c16-13(19)8-23-10-3-1-2-9(6-10)15(21)17-11-4-5-22-12(7-18)14(11)20/h1-3,6,11-12,14,18,20H,4-5,7-8H2,(H2,16,19)(H,17,21)/t11-,12+,14-/m0/s1. The third-order valence-electron chi connectivity index (χ3n) is 3.53. The molecule has 1 aromatic rings. The van der Waals surface area contributed by atoms with Crippen molar-refractivity contribution < 1.29 is 29.3 Å². The van der Waals surface area contributed by atoms with Gasteiger partial charge >= 0.3 is 0 Å². The highest BCUT2D eigenvalue weighted by molar-refractivity contribution is 5.94. The quantitative estimate of drug-likeness (QED) is 0.519. The molecule has 0 aliphatic carbocycles.